The molecule has 1 fully saturated rings. The van der Waals surface area contributed by atoms with Crippen LogP contribution in [-0.2, 0) is 0 Å². The molecular formula is C13H15F2N3. The van der Waals surface area contributed by atoms with Gasteiger partial charge in [-0.15, -0.1) is 9.60 Å². The summed E-state index contributed by atoms with van der Waals surface area (Å²) in [6, 6.07) is 7.91. The van der Waals surface area contributed by atoms with Crippen molar-refractivity contribution in [3.8, 4) is 0 Å². The second kappa shape index (κ2) is 6.35. The highest BCUT2D eigenvalue weighted by molar-refractivity contribution is 5.76. The average molecular weight is 251 g/mol. The van der Waals surface area contributed by atoms with Gasteiger partial charge in [0.25, 0.3) is 0 Å². The molecule has 1 aromatic heterocycles. The SMILES string of the molecule is FC1CCCCN1F.c1ccc2ncncc2c1. The lowest BCUT2D eigenvalue weighted by atomic mass is 10.1. The minimum Gasteiger partial charge on any atom is -0.244 e. The van der Waals surface area contributed by atoms with Crippen molar-refractivity contribution in [2.45, 2.75) is 25.6 Å². The number of halogens is 2. The van der Waals surface area contributed by atoms with E-state index in [4.69, 9.17) is 0 Å². The third-order valence-electron chi connectivity index (χ3n) is 2.78. The number of hydrogen-bond donors (Lipinski definition) is 0. The van der Waals surface area contributed by atoms with Gasteiger partial charge in [-0.2, -0.15) is 0 Å². The van der Waals surface area contributed by atoms with E-state index >= 15 is 0 Å². The molecule has 3 nitrogen and oxygen atoms in total. The molecule has 1 saturated heterocycles. The summed E-state index contributed by atoms with van der Waals surface area (Å²) in [7, 11) is 0. The molecule has 18 heavy (non-hydrogen) atoms. The standard InChI is InChI=1S/C8H6N2.C5H9F2N/c1-2-4-8-7(3-1)5-9-6-10-8;6-5-3-1-2-4-8(5)7/h1-6H;5H,1-4H2. The number of aromatic nitrogens is 2. The number of alkyl halides is 1. The van der Waals surface area contributed by atoms with Crippen LogP contribution in [0.5, 0.6) is 0 Å². The Morgan fingerprint density at radius 2 is 2.06 bits per heavy atom. The maximum Gasteiger partial charge on any atom is 0.180 e. The molecule has 5 heteroatoms. The summed E-state index contributed by atoms with van der Waals surface area (Å²) in [4.78, 5) is 7.97. The quantitative estimate of drug-likeness (QED) is 0.531. The van der Waals surface area contributed by atoms with E-state index in [9.17, 15) is 8.87 Å². The molecule has 2 heterocycles. The molecule has 0 bridgehead atoms. The van der Waals surface area contributed by atoms with Crippen molar-refractivity contribution < 1.29 is 8.87 Å². The van der Waals surface area contributed by atoms with Gasteiger partial charge in [-0.25, -0.2) is 14.4 Å². The Bertz CT molecular complexity index is 417. The monoisotopic (exact) mass is 251 g/mol. The predicted octanol–water partition coefficient (Wildman–Crippen LogP) is 3.28. The lowest BCUT2D eigenvalue weighted by molar-refractivity contribution is -0.100. The minimum atomic E-state index is -1.33. The topological polar surface area (TPSA) is 29.0 Å². The van der Waals surface area contributed by atoms with Gasteiger partial charge < -0.3 is 0 Å². The second-order valence-corrected chi connectivity index (χ2v) is 4.14. The number of rotatable bonds is 0. The van der Waals surface area contributed by atoms with Crippen molar-refractivity contribution in [2.75, 3.05) is 6.54 Å². The van der Waals surface area contributed by atoms with Gasteiger partial charge in [-0.05, 0) is 25.3 Å². The van der Waals surface area contributed by atoms with Gasteiger partial charge in [0.1, 0.15) is 6.33 Å². The van der Waals surface area contributed by atoms with E-state index < -0.39 is 6.30 Å². The highest BCUT2D eigenvalue weighted by Crippen LogP contribution is 2.17. The van der Waals surface area contributed by atoms with Crippen LogP contribution in [0.4, 0.5) is 8.87 Å². The van der Waals surface area contributed by atoms with Crippen LogP contribution in [0.3, 0.4) is 0 Å². The first kappa shape index (κ1) is 12.8. The molecule has 96 valence electrons. The second-order valence-electron chi connectivity index (χ2n) is 4.14. The molecule has 0 amide bonds. The molecule has 2 aromatic rings. The fourth-order valence-corrected chi connectivity index (χ4v) is 1.78. The van der Waals surface area contributed by atoms with Gasteiger partial charge >= 0.3 is 0 Å². The van der Waals surface area contributed by atoms with Crippen molar-refractivity contribution >= 4 is 10.9 Å². The van der Waals surface area contributed by atoms with Crippen LogP contribution in [0.15, 0.2) is 36.8 Å². The lowest BCUT2D eigenvalue weighted by Crippen LogP contribution is -2.28. The Kier molecular flexibility index (Phi) is 4.52. The van der Waals surface area contributed by atoms with Gasteiger partial charge in [0.2, 0.25) is 0 Å². The first-order chi connectivity index (χ1) is 8.77. The van der Waals surface area contributed by atoms with E-state index in [1.165, 1.54) is 0 Å². The largest absolute Gasteiger partial charge is 0.244 e. The number of benzene rings is 1. The maximum atomic E-state index is 12.1. The number of nitrogens with zero attached hydrogens (tertiary/aromatic N) is 3. The summed E-state index contributed by atoms with van der Waals surface area (Å²) >= 11 is 0. The summed E-state index contributed by atoms with van der Waals surface area (Å²) in [5.74, 6) is 0. The summed E-state index contributed by atoms with van der Waals surface area (Å²) in [5.41, 5.74) is 0.998. The van der Waals surface area contributed by atoms with Crippen LogP contribution < -0.4 is 0 Å². The van der Waals surface area contributed by atoms with Crippen LogP contribution in [0, 0.1) is 0 Å². The van der Waals surface area contributed by atoms with Crippen molar-refractivity contribution in [1.82, 2.24) is 15.1 Å². The van der Waals surface area contributed by atoms with Crippen LogP contribution in [0.2, 0.25) is 0 Å². The zero-order valence-corrected chi connectivity index (χ0v) is 9.97. The van der Waals surface area contributed by atoms with Gasteiger partial charge in [-0.1, -0.05) is 18.2 Å². The number of hydrogen-bond acceptors (Lipinski definition) is 3. The highest BCUT2D eigenvalue weighted by atomic mass is 19.2. The van der Waals surface area contributed by atoms with Gasteiger partial charge in [0.15, 0.2) is 6.30 Å². The van der Waals surface area contributed by atoms with E-state index in [1.807, 2.05) is 30.5 Å². The Morgan fingerprint density at radius 3 is 2.72 bits per heavy atom. The van der Waals surface area contributed by atoms with Gasteiger partial charge in [0, 0.05) is 18.1 Å². The Hall–Kier alpha value is -1.62. The summed E-state index contributed by atoms with van der Waals surface area (Å²) in [6.07, 6.45) is 4.00. The van der Waals surface area contributed by atoms with E-state index in [2.05, 4.69) is 9.97 Å². The molecule has 3 rings (SSSR count). The number of piperidine rings is 1. The van der Waals surface area contributed by atoms with Crippen LogP contribution in [0.1, 0.15) is 19.3 Å². The summed E-state index contributed by atoms with van der Waals surface area (Å²) < 4.78 is 24.2. The number of para-hydroxylation sites is 1. The maximum absolute atomic E-state index is 12.1. The summed E-state index contributed by atoms with van der Waals surface area (Å²) in [5, 5.41) is 1.36. The zero-order chi connectivity index (χ0) is 12.8. The molecule has 1 aliphatic heterocycles. The molecule has 1 unspecified atom stereocenters. The normalized spacial score (nSPS) is 20.2. The molecule has 0 N–H and O–H groups in total. The average Bonchev–Trinajstić information content (AvgIpc) is 2.43. The first-order valence-corrected chi connectivity index (χ1v) is 5.98. The zero-order valence-electron chi connectivity index (χ0n) is 9.97. The Balaban J connectivity index is 0.000000138. The third-order valence-corrected chi connectivity index (χ3v) is 2.78. The molecule has 1 atom stereocenters. The van der Waals surface area contributed by atoms with Crippen molar-refractivity contribution in [3.05, 3.63) is 36.8 Å². The first-order valence-electron chi connectivity index (χ1n) is 5.98. The lowest BCUT2D eigenvalue weighted by Gasteiger charge is -2.20. The van der Waals surface area contributed by atoms with Crippen molar-refractivity contribution in [3.63, 3.8) is 0 Å². The van der Waals surface area contributed by atoms with Gasteiger partial charge in [-0.3, -0.25) is 0 Å². The summed E-state index contributed by atoms with van der Waals surface area (Å²) in [6.45, 7) is 0.265. The fraction of sp³-hybridized carbons (Fsp3) is 0.385. The fourth-order valence-electron chi connectivity index (χ4n) is 1.78. The minimum absolute atomic E-state index is 0.265. The molecule has 0 radical (unpaired) electrons. The third kappa shape index (κ3) is 3.43. The molecule has 0 saturated carbocycles. The molecule has 1 aromatic carbocycles. The molecule has 0 spiro atoms. The number of fused-ring (bicyclic) bond motifs is 1. The van der Waals surface area contributed by atoms with E-state index in [-0.39, 0.29) is 11.7 Å². The van der Waals surface area contributed by atoms with Crippen LogP contribution in [-0.4, -0.2) is 27.9 Å². The highest BCUT2D eigenvalue weighted by Gasteiger charge is 2.20. The Morgan fingerprint density at radius 1 is 1.22 bits per heavy atom. The van der Waals surface area contributed by atoms with Crippen molar-refractivity contribution in [1.29, 1.82) is 0 Å². The van der Waals surface area contributed by atoms with Gasteiger partial charge in [0.05, 0.1) is 5.52 Å². The molecule has 1 aliphatic rings. The van der Waals surface area contributed by atoms with Crippen LogP contribution >= 0.6 is 0 Å². The predicted molar refractivity (Wildman–Crippen MR) is 66.1 cm³/mol. The van der Waals surface area contributed by atoms with E-state index in [1.54, 1.807) is 6.33 Å². The van der Waals surface area contributed by atoms with E-state index in [0.29, 0.717) is 6.42 Å². The smallest absolute Gasteiger partial charge is 0.180 e. The van der Waals surface area contributed by atoms with Crippen LogP contribution in [0.25, 0.3) is 10.9 Å². The Labute approximate surface area is 104 Å². The van der Waals surface area contributed by atoms with Crippen molar-refractivity contribution in [2.24, 2.45) is 0 Å². The molecular weight excluding hydrogens is 236 g/mol. The van der Waals surface area contributed by atoms with E-state index in [0.717, 1.165) is 23.7 Å². The molecule has 0 aliphatic carbocycles.